The fourth-order valence-corrected chi connectivity index (χ4v) is 3.23. The van der Waals surface area contributed by atoms with Crippen molar-refractivity contribution in [3.8, 4) is 22.9 Å². The van der Waals surface area contributed by atoms with Crippen LogP contribution in [0.25, 0.3) is 11.1 Å². The van der Waals surface area contributed by atoms with Gasteiger partial charge >= 0.3 is 18.2 Å². The summed E-state index contributed by atoms with van der Waals surface area (Å²) in [6, 6.07) is 13.1. The van der Waals surface area contributed by atoms with Gasteiger partial charge in [0.15, 0.2) is 0 Å². The van der Waals surface area contributed by atoms with Crippen LogP contribution >= 0.6 is 0 Å². The molecule has 0 amide bonds. The SMILES string of the molecule is O=[N+]([O-])c1cn2c(n1)OC[C@@H](OCc1ccccc1-c1ccc(OC(F)(F)F)cc1)C2. The van der Waals surface area contributed by atoms with Crippen LogP contribution < -0.4 is 9.47 Å². The predicted molar refractivity (Wildman–Crippen MR) is 102 cm³/mol. The number of aromatic nitrogens is 2. The average Bonchev–Trinajstić information content (AvgIpc) is 3.16. The van der Waals surface area contributed by atoms with Gasteiger partial charge in [0.2, 0.25) is 0 Å². The number of alkyl halides is 3. The Morgan fingerprint density at radius 1 is 1.19 bits per heavy atom. The maximum Gasteiger partial charge on any atom is 0.573 e. The maximum absolute atomic E-state index is 12.4. The van der Waals surface area contributed by atoms with Crippen LogP contribution in [0.2, 0.25) is 0 Å². The van der Waals surface area contributed by atoms with Crippen molar-refractivity contribution < 1.29 is 32.3 Å². The molecular formula is C20H16F3N3O5. The Bertz CT molecular complexity index is 1080. The summed E-state index contributed by atoms with van der Waals surface area (Å²) in [5, 5.41) is 10.9. The molecule has 1 aliphatic heterocycles. The second-order valence-electron chi connectivity index (χ2n) is 6.76. The van der Waals surface area contributed by atoms with E-state index in [1.807, 2.05) is 24.3 Å². The molecule has 0 unspecified atom stereocenters. The van der Waals surface area contributed by atoms with Gasteiger partial charge in [-0.05, 0) is 33.7 Å². The van der Waals surface area contributed by atoms with E-state index in [1.165, 1.54) is 22.9 Å². The Morgan fingerprint density at radius 3 is 2.65 bits per heavy atom. The molecule has 2 aromatic carbocycles. The van der Waals surface area contributed by atoms with Gasteiger partial charge < -0.3 is 24.3 Å². The van der Waals surface area contributed by atoms with Gasteiger partial charge in [-0.25, -0.2) is 0 Å². The minimum Gasteiger partial charge on any atom is -0.443 e. The molecule has 11 heteroatoms. The lowest BCUT2D eigenvalue weighted by Crippen LogP contribution is -2.32. The smallest absolute Gasteiger partial charge is 0.443 e. The predicted octanol–water partition coefficient (Wildman–Crippen LogP) is 4.33. The highest BCUT2D eigenvalue weighted by Crippen LogP contribution is 2.29. The summed E-state index contributed by atoms with van der Waals surface area (Å²) in [6.45, 7) is 0.763. The highest BCUT2D eigenvalue weighted by Gasteiger charge is 2.31. The van der Waals surface area contributed by atoms with Gasteiger partial charge in [-0.1, -0.05) is 36.4 Å². The van der Waals surface area contributed by atoms with E-state index in [4.69, 9.17) is 9.47 Å². The second-order valence-corrected chi connectivity index (χ2v) is 6.76. The van der Waals surface area contributed by atoms with Crippen LogP contribution in [0.4, 0.5) is 19.0 Å². The van der Waals surface area contributed by atoms with Crippen LogP contribution in [-0.2, 0) is 17.9 Å². The quantitative estimate of drug-likeness (QED) is 0.423. The summed E-state index contributed by atoms with van der Waals surface area (Å²) in [5.74, 6) is -0.589. The first-order chi connectivity index (χ1) is 14.8. The van der Waals surface area contributed by atoms with Gasteiger partial charge in [0.1, 0.15) is 24.7 Å². The fraction of sp³-hybridized carbons (Fsp3) is 0.250. The summed E-state index contributed by atoms with van der Waals surface area (Å²) < 4.78 is 53.9. The van der Waals surface area contributed by atoms with Gasteiger partial charge in [0.25, 0.3) is 0 Å². The Hall–Kier alpha value is -3.60. The number of nitrogens with zero attached hydrogens (tertiary/aromatic N) is 3. The van der Waals surface area contributed by atoms with Crippen molar-refractivity contribution >= 4 is 5.82 Å². The molecule has 0 radical (unpaired) electrons. The molecule has 0 saturated heterocycles. The molecule has 31 heavy (non-hydrogen) atoms. The Balaban J connectivity index is 1.44. The molecule has 0 bridgehead atoms. The third-order valence-electron chi connectivity index (χ3n) is 4.60. The van der Waals surface area contributed by atoms with E-state index in [0.717, 1.165) is 11.1 Å². The van der Waals surface area contributed by atoms with Crippen LogP contribution in [0, 0.1) is 10.1 Å². The molecule has 1 aromatic heterocycles. The van der Waals surface area contributed by atoms with E-state index in [2.05, 4.69) is 9.72 Å². The molecule has 4 rings (SSSR count). The molecule has 162 valence electrons. The molecule has 0 N–H and O–H groups in total. The van der Waals surface area contributed by atoms with Crippen molar-refractivity contribution in [1.29, 1.82) is 0 Å². The Kier molecular flexibility index (Phi) is 5.51. The molecule has 3 aromatic rings. The van der Waals surface area contributed by atoms with E-state index >= 15 is 0 Å². The summed E-state index contributed by atoms with van der Waals surface area (Å²) in [6.07, 6.45) is -3.80. The number of rotatable bonds is 6. The third-order valence-corrected chi connectivity index (χ3v) is 4.60. The first-order valence-electron chi connectivity index (χ1n) is 9.18. The van der Waals surface area contributed by atoms with Gasteiger partial charge in [-0.2, -0.15) is 0 Å². The number of ether oxygens (including phenoxy) is 3. The summed E-state index contributed by atoms with van der Waals surface area (Å²) in [5.41, 5.74) is 2.34. The molecule has 0 aliphatic carbocycles. The minimum atomic E-state index is -4.75. The molecular weight excluding hydrogens is 419 g/mol. The largest absolute Gasteiger partial charge is 0.573 e. The average molecular weight is 435 g/mol. The number of halogens is 3. The molecule has 1 aliphatic rings. The highest BCUT2D eigenvalue weighted by atomic mass is 19.4. The summed E-state index contributed by atoms with van der Waals surface area (Å²) in [7, 11) is 0. The van der Waals surface area contributed by atoms with Crippen molar-refractivity contribution in [2.24, 2.45) is 0 Å². The zero-order valence-corrected chi connectivity index (χ0v) is 15.9. The van der Waals surface area contributed by atoms with Crippen molar-refractivity contribution in [3.63, 3.8) is 0 Å². The number of hydrogen-bond donors (Lipinski definition) is 0. The van der Waals surface area contributed by atoms with E-state index in [0.29, 0.717) is 12.1 Å². The molecule has 0 fully saturated rings. The van der Waals surface area contributed by atoms with Crippen LogP contribution in [0.15, 0.2) is 54.7 Å². The van der Waals surface area contributed by atoms with E-state index in [9.17, 15) is 23.3 Å². The molecule has 0 saturated carbocycles. The first-order valence-corrected chi connectivity index (χ1v) is 9.18. The maximum atomic E-state index is 12.4. The first kappa shape index (κ1) is 20.7. The van der Waals surface area contributed by atoms with Crippen LogP contribution in [0.5, 0.6) is 11.8 Å². The summed E-state index contributed by atoms with van der Waals surface area (Å²) >= 11 is 0. The van der Waals surface area contributed by atoms with Crippen molar-refractivity contribution in [2.75, 3.05) is 6.61 Å². The van der Waals surface area contributed by atoms with E-state index in [1.54, 1.807) is 12.1 Å². The highest BCUT2D eigenvalue weighted by molar-refractivity contribution is 5.67. The lowest BCUT2D eigenvalue weighted by Gasteiger charge is -2.23. The van der Waals surface area contributed by atoms with Gasteiger partial charge in [-0.15, -0.1) is 13.2 Å². The van der Waals surface area contributed by atoms with Crippen molar-refractivity contribution in [1.82, 2.24) is 9.55 Å². The number of fused-ring (bicyclic) bond motifs is 1. The summed E-state index contributed by atoms with van der Waals surface area (Å²) in [4.78, 5) is 14.1. The van der Waals surface area contributed by atoms with Crippen LogP contribution in [-0.4, -0.2) is 33.5 Å². The van der Waals surface area contributed by atoms with Crippen molar-refractivity contribution in [2.45, 2.75) is 25.6 Å². The van der Waals surface area contributed by atoms with E-state index < -0.39 is 11.3 Å². The van der Waals surface area contributed by atoms with E-state index in [-0.39, 0.29) is 36.9 Å². The lowest BCUT2D eigenvalue weighted by molar-refractivity contribution is -0.389. The Morgan fingerprint density at radius 2 is 1.94 bits per heavy atom. The lowest BCUT2D eigenvalue weighted by atomic mass is 10.00. The number of hydrogen-bond acceptors (Lipinski definition) is 6. The fourth-order valence-electron chi connectivity index (χ4n) is 3.23. The zero-order chi connectivity index (χ0) is 22.0. The van der Waals surface area contributed by atoms with Gasteiger partial charge in [-0.3, -0.25) is 4.57 Å². The molecule has 0 spiro atoms. The molecule has 8 nitrogen and oxygen atoms in total. The minimum absolute atomic E-state index is 0.174. The van der Waals surface area contributed by atoms with Gasteiger partial charge in [0.05, 0.1) is 13.2 Å². The number of nitro groups is 1. The van der Waals surface area contributed by atoms with Crippen LogP contribution in [0.1, 0.15) is 5.56 Å². The van der Waals surface area contributed by atoms with Crippen molar-refractivity contribution in [3.05, 3.63) is 70.4 Å². The zero-order valence-electron chi connectivity index (χ0n) is 15.9. The third kappa shape index (κ3) is 4.94. The number of imidazole rings is 1. The number of benzene rings is 2. The van der Waals surface area contributed by atoms with Crippen LogP contribution in [0.3, 0.4) is 0 Å². The molecule has 2 heterocycles. The molecule has 1 atom stereocenters. The topological polar surface area (TPSA) is 88.7 Å². The second kappa shape index (κ2) is 8.26. The van der Waals surface area contributed by atoms with Gasteiger partial charge in [0, 0.05) is 4.98 Å². The Labute approximate surface area is 173 Å². The monoisotopic (exact) mass is 435 g/mol. The standard InChI is InChI=1S/C20H16F3N3O5/c21-20(22,23)31-15-7-5-13(6-8-15)17-4-2-1-3-14(17)11-29-16-9-25-10-18(26(27)28)24-19(25)30-12-16/h1-8,10,16H,9,11-12H2/t16-/m0/s1. The normalized spacial score (nSPS) is 15.8.